The minimum absolute atomic E-state index is 0.132. The fourth-order valence-electron chi connectivity index (χ4n) is 5.21. The third-order valence-electron chi connectivity index (χ3n) is 7.42. The van der Waals surface area contributed by atoms with E-state index in [0.29, 0.717) is 23.6 Å². The van der Waals surface area contributed by atoms with Crippen molar-refractivity contribution in [3.63, 3.8) is 0 Å². The number of likely N-dealkylation sites (tertiary alicyclic amines) is 1. The van der Waals surface area contributed by atoms with Crippen LogP contribution in [-0.4, -0.2) is 37.0 Å². The van der Waals surface area contributed by atoms with Crippen molar-refractivity contribution in [1.82, 2.24) is 10.2 Å². The summed E-state index contributed by atoms with van der Waals surface area (Å²) in [6, 6.07) is 20.7. The third kappa shape index (κ3) is 6.27. The molecule has 3 nitrogen and oxygen atoms in total. The molecule has 38 heavy (non-hydrogen) atoms. The number of piperidine rings is 1. The zero-order valence-electron chi connectivity index (χ0n) is 21.1. The molecule has 3 aromatic carbocycles. The molecule has 0 atom stereocenters. The maximum Gasteiger partial charge on any atom is 0.416 e. The second kappa shape index (κ2) is 11.7. The minimum atomic E-state index is -4.35. The molecular weight excluding hydrogens is 505 g/mol. The molecule has 5 rings (SSSR count). The van der Waals surface area contributed by atoms with Crippen LogP contribution in [0.3, 0.4) is 0 Å². The van der Waals surface area contributed by atoms with E-state index in [-0.39, 0.29) is 5.91 Å². The average molecular weight is 537 g/mol. The van der Waals surface area contributed by atoms with E-state index in [1.807, 2.05) is 11.3 Å². The number of halogens is 3. The van der Waals surface area contributed by atoms with E-state index in [1.54, 1.807) is 24.3 Å². The van der Waals surface area contributed by atoms with Gasteiger partial charge in [0.15, 0.2) is 0 Å². The van der Waals surface area contributed by atoms with E-state index in [1.165, 1.54) is 40.6 Å². The van der Waals surface area contributed by atoms with Gasteiger partial charge in [-0.25, -0.2) is 0 Å². The molecule has 198 valence electrons. The van der Waals surface area contributed by atoms with Gasteiger partial charge < -0.3 is 10.2 Å². The SMILES string of the molecule is O=C(NCCCCN1CCC(c2csc3ccccc23)CC1)c1ccc(-c2ccc(C(F)(F)F)cc2)cc1. The van der Waals surface area contributed by atoms with Crippen LogP contribution in [0.25, 0.3) is 21.2 Å². The first kappa shape index (κ1) is 26.4. The molecule has 1 saturated heterocycles. The molecule has 4 aromatic rings. The number of hydrogen-bond acceptors (Lipinski definition) is 3. The van der Waals surface area contributed by atoms with Gasteiger partial charge in [-0.1, -0.05) is 42.5 Å². The Bertz CT molecular complexity index is 1350. The molecular formula is C31H31F3N2OS. The molecule has 0 bridgehead atoms. The highest BCUT2D eigenvalue weighted by Gasteiger charge is 2.30. The van der Waals surface area contributed by atoms with Crippen molar-refractivity contribution in [2.24, 2.45) is 0 Å². The number of carbonyl (C=O) groups is 1. The number of fused-ring (bicyclic) bond motifs is 1. The first-order valence-corrected chi connectivity index (χ1v) is 14.0. The Labute approximate surface area is 225 Å². The Morgan fingerprint density at radius 3 is 2.24 bits per heavy atom. The first-order valence-electron chi connectivity index (χ1n) is 13.1. The highest BCUT2D eigenvalue weighted by atomic mass is 32.1. The first-order chi connectivity index (χ1) is 18.4. The number of carbonyl (C=O) groups excluding carboxylic acids is 1. The van der Waals surface area contributed by atoms with Gasteiger partial charge in [-0.3, -0.25) is 4.79 Å². The highest BCUT2D eigenvalue weighted by molar-refractivity contribution is 7.17. The number of thiophene rings is 1. The fraction of sp³-hybridized carbons (Fsp3) is 0.323. The normalized spacial score (nSPS) is 15.1. The van der Waals surface area contributed by atoms with Gasteiger partial charge in [-0.15, -0.1) is 11.3 Å². The van der Waals surface area contributed by atoms with Gasteiger partial charge in [0.1, 0.15) is 0 Å². The van der Waals surface area contributed by atoms with Gasteiger partial charge in [0.05, 0.1) is 5.56 Å². The molecule has 0 spiro atoms. The Morgan fingerprint density at radius 1 is 0.895 bits per heavy atom. The minimum Gasteiger partial charge on any atom is -0.352 e. The maximum atomic E-state index is 12.8. The van der Waals surface area contributed by atoms with E-state index in [0.717, 1.165) is 50.2 Å². The van der Waals surface area contributed by atoms with E-state index < -0.39 is 11.7 Å². The summed E-state index contributed by atoms with van der Waals surface area (Å²) < 4.78 is 39.7. The topological polar surface area (TPSA) is 32.3 Å². The lowest BCUT2D eigenvalue weighted by molar-refractivity contribution is -0.137. The number of unbranched alkanes of at least 4 members (excludes halogenated alkanes) is 1. The van der Waals surface area contributed by atoms with Crippen LogP contribution in [0.15, 0.2) is 78.2 Å². The zero-order valence-corrected chi connectivity index (χ0v) is 22.0. The summed E-state index contributed by atoms with van der Waals surface area (Å²) in [5, 5.41) is 6.74. The number of hydrogen-bond donors (Lipinski definition) is 1. The van der Waals surface area contributed by atoms with Crippen LogP contribution < -0.4 is 5.32 Å². The standard InChI is InChI=1S/C31H31F3N2OS/c32-31(33,34)26-13-11-23(12-14-26)22-7-9-25(10-8-22)30(37)35-17-3-4-18-36-19-15-24(16-20-36)28-21-38-29-6-2-1-5-27(28)29/h1-2,5-14,21,24H,3-4,15-20H2,(H,35,37). The molecule has 1 fully saturated rings. The summed E-state index contributed by atoms with van der Waals surface area (Å²) in [6.07, 6.45) is 0.000708. The Kier molecular flexibility index (Phi) is 8.15. The maximum absolute atomic E-state index is 12.8. The largest absolute Gasteiger partial charge is 0.416 e. The molecule has 2 heterocycles. The van der Waals surface area contributed by atoms with Crippen molar-refractivity contribution in [3.8, 4) is 11.1 Å². The summed E-state index contributed by atoms with van der Waals surface area (Å²) in [4.78, 5) is 15.0. The van der Waals surface area contributed by atoms with Crippen LogP contribution in [0, 0.1) is 0 Å². The van der Waals surface area contributed by atoms with Crippen LogP contribution in [0.2, 0.25) is 0 Å². The predicted octanol–water partition coefficient (Wildman–Crippen LogP) is 7.98. The molecule has 1 aliphatic heterocycles. The summed E-state index contributed by atoms with van der Waals surface area (Å²) in [5.41, 5.74) is 2.83. The molecule has 0 radical (unpaired) electrons. The van der Waals surface area contributed by atoms with Crippen LogP contribution in [-0.2, 0) is 6.18 Å². The van der Waals surface area contributed by atoms with Crippen molar-refractivity contribution < 1.29 is 18.0 Å². The van der Waals surface area contributed by atoms with Crippen molar-refractivity contribution in [2.75, 3.05) is 26.2 Å². The van der Waals surface area contributed by atoms with Crippen LogP contribution in [0.4, 0.5) is 13.2 Å². The smallest absolute Gasteiger partial charge is 0.352 e. The number of amides is 1. The zero-order chi connectivity index (χ0) is 26.5. The van der Waals surface area contributed by atoms with E-state index in [4.69, 9.17) is 0 Å². The molecule has 0 unspecified atom stereocenters. The lowest BCUT2D eigenvalue weighted by Gasteiger charge is -2.32. The lowest BCUT2D eigenvalue weighted by atomic mass is 9.89. The average Bonchev–Trinajstić information content (AvgIpc) is 3.37. The summed E-state index contributed by atoms with van der Waals surface area (Å²) in [5.74, 6) is 0.514. The monoisotopic (exact) mass is 536 g/mol. The Morgan fingerprint density at radius 2 is 1.55 bits per heavy atom. The Hall–Kier alpha value is -3.16. The summed E-state index contributed by atoms with van der Waals surface area (Å²) in [6.45, 7) is 3.91. The molecule has 1 aliphatic rings. The van der Waals surface area contributed by atoms with Crippen molar-refractivity contribution in [3.05, 3.63) is 94.9 Å². The molecule has 1 N–H and O–H groups in total. The van der Waals surface area contributed by atoms with Crippen molar-refractivity contribution in [1.29, 1.82) is 0 Å². The van der Waals surface area contributed by atoms with Gasteiger partial charge in [-0.05, 0) is 109 Å². The second-order valence-electron chi connectivity index (χ2n) is 9.92. The molecule has 0 saturated carbocycles. The van der Waals surface area contributed by atoms with E-state index >= 15 is 0 Å². The van der Waals surface area contributed by atoms with E-state index in [2.05, 4.69) is 39.9 Å². The number of alkyl halides is 3. The van der Waals surface area contributed by atoms with Crippen molar-refractivity contribution in [2.45, 2.75) is 37.8 Å². The quantitative estimate of drug-likeness (QED) is 0.232. The van der Waals surface area contributed by atoms with Gasteiger partial charge >= 0.3 is 6.18 Å². The Balaban J connectivity index is 1.01. The van der Waals surface area contributed by atoms with Gasteiger partial charge in [0.25, 0.3) is 5.91 Å². The van der Waals surface area contributed by atoms with Crippen LogP contribution >= 0.6 is 11.3 Å². The van der Waals surface area contributed by atoms with Crippen LogP contribution in [0.1, 0.15) is 53.1 Å². The second-order valence-corrected chi connectivity index (χ2v) is 10.8. The number of rotatable bonds is 8. The number of benzene rings is 3. The number of nitrogens with one attached hydrogen (secondary N) is 1. The van der Waals surface area contributed by atoms with E-state index in [9.17, 15) is 18.0 Å². The summed E-state index contributed by atoms with van der Waals surface area (Å²) in [7, 11) is 0. The number of nitrogens with zero attached hydrogens (tertiary/aromatic N) is 1. The summed E-state index contributed by atoms with van der Waals surface area (Å²) >= 11 is 1.85. The van der Waals surface area contributed by atoms with Gasteiger partial charge in [0, 0.05) is 16.8 Å². The van der Waals surface area contributed by atoms with Gasteiger partial charge in [0.2, 0.25) is 0 Å². The molecule has 0 aliphatic carbocycles. The fourth-order valence-corrected chi connectivity index (χ4v) is 6.26. The van der Waals surface area contributed by atoms with Crippen molar-refractivity contribution >= 4 is 27.3 Å². The highest BCUT2D eigenvalue weighted by Crippen LogP contribution is 2.36. The molecule has 7 heteroatoms. The third-order valence-corrected chi connectivity index (χ3v) is 8.40. The van der Waals surface area contributed by atoms with Gasteiger partial charge in [-0.2, -0.15) is 13.2 Å². The molecule has 1 amide bonds. The molecule has 1 aromatic heterocycles. The predicted molar refractivity (Wildman–Crippen MR) is 149 cm³/mol. The lowest BCUT2D eigenvalue weighted by Crippen LogP contribution is -2.34. The van der Waals surface area contributed by atoms with Crippen LogP contribution in [0.5, 0.6) is 0 Å².